The van der Waals surface area contributed by atoms with Gasteiger partial charge in [-0.3, -0.25) is 0 Å². The lowest BCUT2D eigenvalue weighted by Gasteiger charge is -2.13. The zero-order chi connectivity index (χ0) is 16.0. The lowest BCUT2D eigenvalue weighted by Crippen LogP contribution is -2.35. The summed E-state index contributed by atoms with van der Waals surface area (Å²) in [5, 5.41) is 14.8. The number of anilines is 1. The number of carbonyl (C=O) groups excluding carboxylic acids is 1. The van der Waals surface area contributed by atoms with E-state index >= 15 is 0 Å². The van der Waals surface area contributed by atoms with Gasteiger partial charge in [0, 0.05) is 17.6 Å². The predicted molar refractivity (Wildman–Crippen MR) is 87.2 cm³/mol. The van der Waals surface area contributed by atoms with Crippen LogP contribution in [0.3, 0.4) is 0 Å². The molecule has 1 aliphatic rings. The first kappa shape index (κ1) is 16.6. The number of aliphatic hydroxyl groups is 1. The van der Waals surface area contributed by atoms with Crippen LogP contribution in [-0.4, -0.2) is 30.9 Å². The van der Waals surface area contributed by atoms with E-state index in [2.05, 4.69) is 24.5 Å². The number of rotatable bonds is 8. The van der Waals surface area contributed by atoms with E-state index in [1.807, 2.05) is 24.3 Å². The van der Waals surface area contributed by atoms with Crippen LogP contribution in [0.25, 0.3) is 0 Å². The fourth-order valence-electron chi connectivity index (χ4n) is 2.06. The zero-order valence-corrected chi connectivity index (χ0v) is 13.4. The van der Waals surface area contributed by atoms with E-state index in [-0.39, 0.29) is 18.1 Å². The summed E-state index contributed by atoms with van der Waals surface area (Å²) in [6.07, 6.45) is 2.98. The van der Waals surface area contributed by atoms with Crippen molar-refractivity contribution < 1.29 is 14.6 Å². The molecule has 5 nitrogen and oxygen atoms in total. The summed E-state index contributed by atoms with van der Waals surface area (Å²) in [6, 6.07) is 7.11. The van der Waals surface area contributed by atoms with Gasteiger partial charge in [0.05, 0.1) is 13.2 Å². The Labute approximate surface area is 132 Å². The molecule has 3 N–H and O–H groups in total. The number of aliphatic hydroxyl groups excluding tert-OH is 1. The molecule has 2 rings (SSSR count). The molecule has 2 amide bonds. The molecule has 0 radical (unpaired) electrons. The molecule has 22 heavy (non-hydrogen) atoms. The molecule has 0 atom stereocenters. The van der Waals surface area contributed by atoms with Crippen molar-refractivity contribution in [2.75, 3.05) is 25.1 Å². The monoisotopic (exact) mass is 306 g/mol. The molecule has 0 unspecified atom stereocenters. The summed E-state index contributed by atoms with van der Waals surface area (Å²) < 4.78 is 5.64. The van der Waals surface area contributed by atoms with E-state index in [4.69, 9.17) is 4.74 Å². The molecule has 5 heteroatoms. The molecular weight excluding hydrogens is 280 g/mol. The summed E-state index contributed by atoms with van der Waals surface area (Å²) >= 11 is 0. The Morgan fingerprint density at radius 1 is 1.32 bits per heavy atom. The van der Waals surface area contributed by atoms with Crippen molar-refractivity contribution in [3.63, 3.8) is 0 Å². The van der Waals surface area contributed by atoms with E-state index in [1.165, 1.54) is 0 Å². The second kappa shape index (κ2) is 7.49. The number of nitrogens with one attached hydrogen (secondary N) is 2. The smallest absolute Gasteiger partial charge is 0.319 e. The fourth-order valence-corrected chi connectivity index (χ4v) is 2.06. The Hall–Kier alpha value is -1.75. The quantitative estimate of drug-likeness (QED) is 0.691. The van der Waals surface area contributed by atoms with Crippen LogP contribution < -0.4 is 15.4 Å². The van der Waals surface area contributed by atoms with Crippen molar-refractivity contribution in [2.24, 2.45) is 11.3 Å². The number of carbonyl (C=O) groups is 1. The number of benzene rings is 1. The first-order valence-electron chi connectivity index (χ1n) is 7.92. The highest BCUT2D eigenvalue weighted by Crippen LogP contribution is 2.44. The van der Waals surface area contributed by atoms with Gasteiger partial charge in [-0.15, -0.1) is 0 Å². The Bertz CT molecular complexity index is 481. The number of amides is 2. The highest BCUT2D eigenvalue weighted by atomic mass is 16.5. The minimum atomic E-state index is -0.242. The van der Waals surface area contributed by atoms with Crippen LogP contribution in [0, 0.1) is 11.3 Å². The van der Waals surface area contributed by atoms with Crippen LogP contribution in [0.15, 0.2) is 24.3 Å². The van der Waals surface area contributed by atoms with Gasteiger partial charge in [-0.05, 0) is 49.4 Å². The van der Waals surface area contributed by atoms with Crippen LogP contribution >= 0.6 is 0 Å². The molecule has 1 aromatic carbocycles. The molecule has 122 valence electrons. The first-order chi connectivity index (χ1) is 10.5. The van der Waals surface area contributed by atoms with Crippen molar-refractivity contribution in [3.05, 3.63) is 24.3 Å². The van der Waals surface area contributed by atoms with E-state index in [0.717, 1.165) is 30.7 Å². The summed E-state index contributed by atoms with van der Waals surface area (Å²) in [4.78, 5) is 11.8. The number of hydrogen-bond acceptors (Lipinski definition) is 3. The third kappa shape index (κ3) is 5.22. The molecule has 0 aliphatic heterocycles. The van der Waals surface area contributed by atoms with Crippen LogP contribution in [-0.2, 0) is 0 Å². The van der Waals surface area contributed by atoms with Crippen LogP contribution in [0.5, 0.6) is 5.75 Å². The minimum Gasteiger partial charge on any atom is -0.494 e. The van der Waals surface area contributed by atoms with E-state index in [1.54, 1.807) is 0 Å². The van der Waals surface area contributed by atoms with Crippen molar-refractivity contribution in [3.8, 4) is 5.75 Å². The zero-order valence-electron chi connectivity index (χ0n) is 13.4. The fraction of sp³-hybridized carbons (Fsp3) is 0.588. The summed E-state index contributed by atoms with van der Waals surface area (Å²) in [7, 11) is 0. The van der Waals surface area contributed by atoms with Gasteiger partial charge in [-0.1, -0.05) is 13.8 Å². The van der Waals surface area contributed by atoms with E-state index < -0.39 is 0 Å². The largest absolute Gasteiger partial charge is 0.494 e. The van der Waals surface area contributed by atoms with Crippen molar-refractivity contribution in [1.82, 2.24) is 5.32 Å². The lowest BCUT2D eigenvalue weighted by atomic mass is 10.1. The highest BCUT2D eigenvalue weighted by Gasteiger charge is 2.42. The molecule has 0 bridgehead atoms. The first-order valence-corrected chi connectivity index (χ1v) is 7.92. The van der Waals surface area contributed by atoms with Gasteiger partial charge < -0.3 is 20.5 Å². The summed E-state index contributed by atoms with van der Waals surface area (Å²) in [5.41, 5.74) is 0.647. The average molecular weight is 306 g/mol. The third-order valence-corrected chi connectivity index (χ3v) is 3.99. The maximum Gasteiger partial charge on any atom is 0.319 e. The molecule has 0 saturated heterocycles. The third-order valence-electron chi connectivity index (χ3n) is 3.99. The lowest BCUT2D eigenvalue weighted by molar-refractivity contribution is 0.206. The van der Waals surface area contributed by atoms with E-state index in [0.29, 0.717) is 19.1 Å². The molecule has 0 heterocycles. The SMILES string of the molecule is CC(C)CCOc1ccc(NC(=O)NCC2(CO)CC2)cc1. The van der Waals surface area contributed by atoms with E-state index in [9.17, 15) is 9.90 Å². The van der Waals surface area contributed by atoms with Gasteiger partial charge in [0.2, 0.25) is 0 Å². The number of ether oxygens (including phenoxy) is 1. The predicted octanol–water partition coefficient (Wildman–Crippen LogP) is 3.01. The second-order valence-electron chi connectivity index (χ2n) is 6.52. The molecule has 1 saturated carbocycles. The molecule has 0 aromatic heterocycles. The van der Waals surface area contributed by atoms with Crippen molar-refractivity contribution in [1.29, 1.82) is 0 Å². The average Bonchev–Trinajstić information content (AvgIpc) is 3.27. The van der Waals surface area contributed by atoms with Crippen molar-refractivity contribution in [2.45, 2.75) is 33.1 Å². The second-order valence-corrected chi connectivity index (χ2v) is 6.52. The highest BCUT2D eigenvalue weighted by molar-refractivity contribution is 5.89. The Morgan fingerprint density at radius 2 is 2.00 bits per heavy atom. The Balaban J connectivity index is 1.72. The van der Waals surface area contributed by atoms with Crippen LogP contribution in [0.1, 0.15) is 33.1 Å². The van der Waals surface area contributed by atoms with Gasteiger partial charge >= 0.3 is 6.03 Å². The Kier molecular flexibility index (Phi) is 5.66. The molecule has 1 aromatic rings. The normalized spacial score (nSPS) is 15.5. The molecular formula is C17H26N2O3. The maximum absolute atomic E-state index is 11.8. The van der Waals surface area contributed by atoms with Crippen LogP contribution in [0.2, 0.25) is 0 Å². The summed E-state index contributed by atoms with van der Waals surface area (Å²) in [5.74, 6) is 1.43. The van der Waals surface area contributed by atoms with Gasteiger partial charge in [0.1, 0.15) is 5.75 Å². The van der Waals surface area contributed by atoms with Gasteiger partial charge in [0.15, 0.2) is 0 Å². The molecule has 1 fully saturated rings. The topological polar surface area (TPSA) is 70.6 Å². The number of urea groups is 1. The van der Waals surface area contributed by atoms with Gasteiger partial charge in [-0.25, -0.2) is 4.79 Å². The van der Waals surface area contributed by atoms with Crippen LogP contribution in [0.4, 0.5) is 10.5 Å². The van der Waals surface area contributed by atoms with Gasteiger partial charge in [0.25, 0.3) is 0 Å². The standard InChI is InChI=1S/C17H26N2O3/c1-13(2)7-10-22-15-5-3-14(4-6-15)19-16(21)18-11-17(12-20)8-9-17/h3-6,13,20H,7-12H2,1-2H3,(H2,18,19,21). The van der Waals surface area contributed by atoms with Gasteiger partial charge in [-0.2, -0.15) is 0 Å². The van der Waals surface area contributed by atoms with Crippen molar-refractivity contribution >= 4 is 11.7 Å². The molecule has 1 aliphatic carbocycles. The molecule has 0 spiro atoms. The minimum absolute atomic E-state index is 0.0779. The maximum atomic E-state index is 11.8. The number of hydrogen-bond donors (Lipinski definition) is 3. The Morgan fingerprint density at radius 3 is 2.55 bits per heavy atom. The summed E-state index contributed by atoms with van der Waals surface area (Å²) in [6.45, 7) is 5.69.